The zero-order valence-electron chi connectivity index (χ0n) is 11.0. The van der Waals surface area contributed by atoms with Gasteiger partial charge in [-0.05, 0) is 38.5 Å². The predicted molar refractivity (Wildman–Crippen MR) is 70.7 cm³/mol. The van der Waals surface area contributed by atoms with E-state index in [1.165, 1.54) is 0 Å². The SMILES string of the molecule is Cc1ccc2nc3n(c2c1)C(=O)N(C)C(C)(C)N3. The number of carbonyl (C=O) groups excluding carboxylic acids is 1. The maximum atomic E-state index is 12.4. The van der Waals surface area contributed by atoms with Gasteiger partial charge < -0.3 is 10.2 Å². The summed E-state index contributed by atoms with van der Waals surface area (Å²) in [6.45, 7) is 5.92. The Kier molecular flexibility index (Phi) is 2.00. The van der Waals surface area contributed by atoms with E-state index in [9.17, 15) is 4.79 Å². The molecule has 1 aromatic carbocycles. The monoisotopic (exact) mass is 244 g/mol. The van der Waals surface area contributed by atoms with E-state index >= 15 is 0 Å². The van der Waals surface area contributed by atoms with Crippen LogP contribution in [0.25, 0.3) is 11.0 Å². The molecule has 1 aromatic heterocycles. The fraction of sp³-hybridized carbons (Fsp3) is 0.385. The predicted octanol–water partition coefficient (Wildman–Crippen LogP) is 2.41. The summed E-state index contributed by atoms with van der Waals surface area (Å²) in [4.78, 5) is 18.6. The molecule has 1 amide bonds. The van der Waals surface area contributed by atoms with E-state index < -0.39 is 5.66 Å². The first kappa shape index (κ1) is 11.1. The summed E-state index contributed by atoms with van der Waals surface area (Å²) in [6, 6.07) is 5.87. The van der Waals surface area contributed by atoms with Crippen molar-refractivity contribution in [3.63, 3.8) is 0 Å². The molecule has 0 spiro atoms. The maximum Gasteiger partial charge on any atom is 0.333 e. The highest BCUT2D eigenvalue weighted by molar-refractivity contribution is 5.95. The molecule has 0 saturated carbocycles. The lowest BCUT2D eigenvalue weighted by molar-refractivity contribution is 0.164. The largest absolute Gasteiger partial charge is 0.333 e. The number of hydrogen-bond donors (Lipinski definition) is 1. The first-order valence-electron chi connectivity index (χ1n) is 5.95. The van der Waals surface area contributed by atoms with Crippen LogP contribution in [0.15, 0.2) is 18.2 Å². The molecule has 2 heterocycles. The van der Waals surface area contributed by atoms with E-state index in [1.807, 2.05) is 39.0 Å². The Balaban J connectivity index is 2.31. The Labute approximate surface area is 105 Å². The van der Waals surface area contributed by atoms with Crippen LogP contribution in [-0.4, -0.2) is 33.2 Å². The van der Waals surface area contributed by atoms with Crippen molar-refractivity contribution >= 4 is 23.0 Å². The van der Waals surface area contributed by atoms with Gasteiger partial charge in [0.2, 0.25) is 5.95 Å². The van der Waals surface area contributed by atoms with Crippen LogP contribution in [0.3, 0.4) is 0 Å². The van der Waals surface area contributed by atoms with Gasteiger partial charge in [0.05, 0.1) is 11.0 Å². The molecule has 0 bridgehead atoms. The van der Waals surface area contributed by atoms with Crippen LogP contribution in [0.2, 0.25) is 0 Å². The Morgan fingerprint density at radius 1 is 1.33 bits per heavy atom. The summed E-state index contributed by atoms with van der Waals surface area (Å²) in [5, 5.41) is 3.28. The zero-order valence-corrected chi connectivity index (χ0v) is 11.0. The number of imidazole rings is 1. The number of fused-ring (bicyclic) bond motifs is 3. The number of aromatic nitrogens is 2. The van der Waals surface area contributed by atoms with Gasteiger partial charge in [-0.15, -0.1) is 0 Å². The summed E-state index contributed by atoms with van der Waals surface area (Å²) in [5.74, 6) is 0.615. The lowest BCUT2D eigenvalue weighted by Gasteiger charge is -2.40. The van der Waals surface area contributed by atoms with Gasteiger partial charge in [-0.3, -0.25) is 0 Å². The lowest BCUT2D eigenvalue weighted by Crippen LogP contribution is -2.56. The average molecular weight is 244 g/mol. The Morgan fingerprint density at radius 3 is 2.78 bits per heavy atom. The topological polar surface area (TPSA) is 50.2 Å². The Morgan fingerprint density at radius 2 is 2.06 bits per heavy atom. The van der Waals surface area contributed by atoms with E-state index in [0.717, 1.165) is 16.6 Å². The van der Waals surface area contributed by atoms with Gasteiger partial charge in [0, 0.05) is 7.05 Å². The molecule has 0 atom stereocenters. The molecule has 1 aliphatic rings. The molecule has 0 radical (unpaired) electrons. The minimum atomic E-state index is -0.427. The fourth-order valence-corrected chi connectivity index (χ4v) is 2.21. The number of amides is 1. The van der Waals surface area contributed by atoms with Crippen LogP contribution in [0.1, 0.15) is 19.4 Å². The van der Waals surface area contributed by atoms with Gasteiger partial charge in [0.15, 0.2) is 0 Å². The number of anilines is 1. The molecule has 1 N–H and O–H groups in total. The number of rotatable bonds is 0. The number of aryl methyl sites for hydroxylation is 1. The molecule has 5 heteroatoms. The standard InChI is InChI=1S/C13H16N4O/c1-8-5-6-9-10(7-8)17-11(14-9)15-13(2,3)16(4)12(17)18/h5-7H,1-4H3,(H,14,15). The van der Waals surface area contributed by atoms with Crippen molar-refractivity contribution in [3.8, 4) is 0 Å². The fourth-order valence-electron chi connectivity index (χ4n) is 2.21. The molecule has 0 aliphatic carbocycles. The van der Waals surface area contributed by atoms with Crippen molar-refractivity contribution < 1.29 is 4.79 Å². The summed E-state index contributed by atoms with van der Waals surface area (Å²) < 4.78 is 1.63. The second-order valence-corrected chi connectivity index (χ2v) is 5.29. The van der Waals surface area contributed by atoms with E-state index in [2.05, 4.69) is 10.3 Å². The van der Waals surface area contributed by atoms with Crippen LogP contribution in [0.4, 0.5) is 10.7 Å². The molecule has 0 saturated heterocycles. The van der Waals surface area contributed by atoms with Gasteiger partial charge >= 0.3 is 6.03 Å². The third-order valence-corrected chi connectivity index (χ3v) is 3.54. The summed E-state index contributed by atoms with van der Waals surface area (Å²) in [5.41, 5.74) is 2.38. The average Bonchev–Trinajstić information content (AvgIpc) is 2.62. The maximum absolute atomic E-state index is 12.4. The van der Waals surface area contributed by atoms with Crippen molar-refractivity contribution in [1.82, 2.24) is 14.5 Å². The molecule has 3 rings (SSSR count). The van der Waals surface area contributed by atoms with E-state index in [1.54, 1.807) is 16.5 Å². The molecule has 5 nitrogen and oxygen atoms in total. The van der Waals surface area contributed by atoms with Gasteiger partial charge in [-0.1, -0.05) is 6.07 Å². The van der Waals surface area contributed by atoms with E-state index in [4.69, 9.17) is 0 Å². The summed E-state index contributed by atoms with van der Waals surface area (Å²) in [6.07, 6.45) is 0. The summed E-state index contributed by atoms with van der Waals surface area (Å²) >= 11 is 0. The molecular formula is C13H16N4O. The first-order chi connectivity index (χ1) is 8.40. The van der Waals surface area contributed by atoms with Gasteiger partial charge in [-0.25, -0.2) is 14.3 Å². The molecule has 0 unspecified atom stereocenters. The van der Waals surface area contributed by atoms with Crippen LogP contribution in [0, 0.1) is 6.92 Å². The smallest absolute Gasteiger partial charge is 0.333 e. The second-order valence-electron chi connectivity index (χ2n) is 5.29. The molecule has 18 heavy (non-hydrogen) atoms. The van der Waals surface area contributed by atoms with Crippen LogP contribution in [0.5, 0.6) is 0 Å². The van der Waals surface area contributed by atoms with Crippen LogP contribution >= 0.6 is 0 Å². The number of hydrogen-bond acceptors (Lipinski definition) is 3. The molecule has 1 aliphatic heterocycles. The first-order valence-corrected chi connectivity index (χ1v) is 5.95. The molecular weight excluding hydrogens is 228 g/mol. The van der Waals surface area contributed by atoms with Crippen LogP contribution in [-0.2, 0) is 0 Å². The third kappa shape index (κ3) is 1.33. The highest BCUT2D eigenvalue weighted by Crippen LogP contribution is 2.29. The third-order valence-electron chi connectivity index (χ3n) is 3.54. The molecule has 2 aromatic rings. The highest BCUT2D eigenvalue weighted by atomic mass is 16.2. The number of benzene rings is 1. The number of nitrogens with zero attached hydrogens (tertiary/aromatic N) is 3. The normalized spacial score (nSPS) is 17.8. The van der Waals surface area contributed by atoms with Crippen molar-refractivity contribution in [2.45, 2.75) is 26.4 Å². The van der Waals surface area contributed by atoms with Crippen molar-refractivity contribution in [2.24, 2.45) is 0 Å². The van der Waals surface area contributed by atoms with Crippen LogP contribution < -0.4 is 5.32 Å². The minimum absolute atomic E-state index is 0.0538. The Bertz CT molecular complexity index is 656. The quantitative estimate of drug-likeness (QED) is 0.774. The van der Waals surface area contributed by atoms with Crippen molar-refractivity contribution in [3.05, 3.63) is 23.8 Å². The van der Waals surface area contributed by atoms with Gasteiger partial charge in [0.1, 0.15) is 5.66 Å². The Hall–Kier alpha value is -2.04. The van der Waals surface area contributed by atoms with E-state index in [0.29, 0.717) is 5.95 Å². The van der Waals surface area contributed by atoms with Crippen molar-refractivity contribution in [2.75, 3.05) is 12.4 Å². The van der Waals surface area contributed by atoms with Gasteiger partial charge in [-0.2, -0.15) is 0 Å². The number of carbonyl (C=O) groups is 1. The van der Waals surface area contributed by atoms with Crippen molar-refractivity contribution in [1.29, 1.82) is 0 Å². The zero-order chi connectivity index (χ0) is 13.1. The van der Waals surface area contributed by atoms with E-state index in [-0.39, 0.29) is 6.03 Å². The minimum Gasteiger partial charge on any atom is -0.333 e. The number of nitrogens with one attached hydrogen (secondary N) is 1. The highest BCUT2D eigenvalue weighted by Gasteiger charge is 2.36. The summed E-state index contributed by atoms with van der Waals surface area (Å²) in [7, 11) is 1.79. The van der Waals surface area contributed by atoms with Gasteiger partial charge in [0.25, 0.3) is 0 Å². The second kappa shape index (κ2) is 3.25. The lowest BCUT2D eigenvalue weighted by atomic mass is 10.2. The molecule has 94 valence electrons. The molecule has 0 fully saturated rings.